The normalized spacial score (nSPS) is 15.0. The molecule has 0 amide bonds. The molecule has 9 nitrogen and oxygen atoms in total. The van der Waals surface area contributed by atoms with E-state index < -0.39 is 12.0 Å². The Morgan fingerprint density at radius 2 is 1.82 bits per heavy atom. The topological polar surface area (TPSA) is 86.8 Å². The van der Waals surface area contributed by atoms with Crippen LogP contribution in [0.2, 0.25) is 0 Å². The first-order valence-corrected chi connectivity index (χ1v) is 12.7. The van der Waals surface area contributed by atoms with Gasteiger partial charge in [-0.3, -0.25) is 9.67 Å². The molecule has 0 radical (unpaired) electrons. The second-order valence-electron chi connectivity index (χ2n) is 9.75. The fourth-order valence-corrected chi connectivity index (χ4v) is 5.29. The van der Waals surface area contributed by atoms with Gasteiger partial charge in [-0.15, -0.1) is 10.2 Å². The van der Waals surface area contributed by atoms with Crippen molar-refractivity contribution < 1.29 is 17.9 Å². The van der Waals surface area contributed by atoms with Crippen molar-refractivity contribution in [2.75, 3.05) is 11.4 Å². The number of halogens is 3. The van der Waals surface area contributed by atoms with E-state index in [2.05, 4.69) is 15.2 Å². The minimum Gasteiger partial charge on any atom is -0.435 e. The Kier molecular flexibility index (Phi) is 5.32. The number of nitrogens with zero attached hydrogens (tertiary/aromatic N) is 8. The molecule has 0 atom stereocenters. The molecule has 7 rings (SSSR count). The van der Waals surface area contributed by atoms with E-state index in [-0.39, 0.29) is 18.9 Å². The minimum absolute atomic E-state index is 0.147. The predicted octanol–water partition coefficient (Wildman–Crippen LogP) is 5.17. The number of aromatic nitrogens is 7. The second-order valence-corrected chi connectivity index (χ2v) is 9.75. The lowest BCUT2D eigenvalue weighted by atomic mass is 10.1. The van der Waals surface area contributed by atoms with Crippen LogP contribution in [0.25, 0.3) is 22.3 Å². The summed E-state index contributed by atoms with van der Waals surface area (Å²) >= 11 is 0. The quantitative estimate of drug-likeness (QED) is 0.316. The minimum atomic E-state index is -4.53. The zero-order chi connectivity index (χ0) is 26.7. The van der Waals surface area contributed by atoms with Gasteiger partial charge in [0.05, 0.1) is 23.4 Å². The fourth-order valence-electron chi connectivity index (χ4n) is 5.29. The van der Waals surface area contributed by atoms with Gasteiger partial charge in [-0.2, -0.15) is 18.3 Å². The van der Waals surface area contributed by atoms with Gasteiger partial charge in [0.15, 0.2) is 17.3 Å². The van der Waals surface area contributed by atoms with Gasteiger partial charge in [0.25, 0.3) is 0 Å². The van der Waals surface area contributed by atoms with Crippen LogP contribution in [-0.2, 0) is 32.2 Å². The first-order valence-electron chi connectivity index (χ1n) is 12.7. The lowest BCUT2D eigenvalue weighted by molar-refractivity contribution is -0.147. The van der Waals surface area contributed by atoms with Crippen LogP contribution in [0, 0.1) is 6.92 Å². The van der Waals surface area contributed by atoms with Crippen molar-refractivity contribution in [1.29, 1.82) is 0 Å². The number of benzene rings is 1. The Balaban J connectivity index is 1.20. The maximum Gasteiger partial charge on any atom is 0.451 e. The lowest BCUT2D eigenvalue weighted by Gasteiger charge is -2.30. The number of fused-ring (bicyclic) bond motifs is 3. The third-order valence-corrected chi connectivity index (χ3v) is 7.15. The monoisotopic (exact) mass is 532 g/mol. The molecule has 4 aromatic heterocycles. The Labute approximate surface area is 220 Å². The van der Waals surface area contributed by atoms with E-state index in [1.54, 1.807) is 0 Å². The van der Waals surface area contributed by atoms with Gasteiger partial charge < -0.3 is 14.2 Å². The molecule has 5 aromatic rings. The van der Waals surface area contributed by atoms with Crippen molar-refractivity contribution in [3.63, 3.8) is 0 Å². The van der Waals surface area contributed by atoms with Crippen molar-refractivity contribution in [3.8, 4) is 23.0 Å². The highest BCUT2D eigenvalue weighted by molar-refractivity contribution is 5.83. The standard InChI is InChI=1S/C27H23F3N8O/c1-16-4-2-5-19(31-16)24-25(21-6-3-11-38(21)35-24)39-23-10-8-17-7-9-18(14-20(17)32-23)36-12-13-37-22(15-36)33-34-26(37)27(28,29)30/h2,4-5,7-10,14H,3,6,11-13,15H2,1H3. The van der Waals surface area contributed by atoms with E-state index in [0.717, 1.165) is 52.1 Å². The van der Waals surface area contributed by atoms with Crippen LogP contribution in [0.4, 0.5) is 18.9 Å². The van der Waals surface area contributed by atoms with Gasteiger partial charge in [0.2, 0.25) is 11.7 Å². The van der Waals surface area contributed by atoms with Crippen LogP contribution in [0.15, 0.2) is 48.5 Å². The highest BCUT2D eigenvalue weighted by Crippen LogP contribution is 2.38. The molecule has 0 saturated heterocycles. The van der Waals surface area contributed by atoms with E-state index in [9.17, 15) is 13.2 Å². The largest absolute Gasteiger partial charge is 0.451 e. The van der Waals surface area contributed by atoms with Crippen molar-refractivity contribution in [1.82, 2.24) is 34.5 Å². The zero-order valence-electron chi connectivity index (χ0n) is 21.0. The molecular weight excluding hydrogens is 509 g/mol. The number of pyridine rings is 2. The summed E-state index contributed by atoms with van der Waals surface area (Å²) in [5, 5.41) is 12.9. The summed E-state index contributed by atoms with van der Waals surface area (Å²) in [4.78, 5) is 11.4. The second kappa shape index (κ2) is 8.79. The Morgan fingerprint density at radius 3 is 2.67 bits per heavy atom. The molecule has 6 heterocycles. The molecule has 1 aromatic carbocycles. The maximum atomic E-state index is 13.2. The Hall–Kier alpha value is -4.48. The summed E-state index contributed by atoms with van der Waals surface area (Å²) in [7, 11) is 0. The number of aryl methyl sites for hydroxylation is 2. The van der Waals surface area contributed by atoms with E-state index in [4.69, 9.17) is 14.8 Å². The number of anilines is 1. The molecule has 0 unspecified atom stereocenters. The van der Waals surface area contributed by atoms with Crippen molar-refractivity contribution in [2.45, 2.75) is 45.6 Å². The summed E-state index contributed by atoms with van der Waals surface area (Å²) in [5.74, 6) is 0.436. The Bertz CT molecular complexity index is 1720. The van der Waals surface area contributed by atoms with E-state index in [0.29, 0.717) is 29.4 Å². The number of hydrogen-bond donors (Lipinski definition) is 0. The highest BCUT2D eigenvalue weighted by atomic mass is 19.4. The molecule has 0 spiro atoms. The lowest BCUT2D eigenvalue weighted by Crippen LogP contribution is -2.35. The molecule has 2 aliphatic heterocycles. The third kappa shape index (κ3) is 4.16. The first kappa shape index (κ1) is 23.6. The van der Waals surface area contributed by atoms with Gasteiger partial charge in [0.1, 0.15) is 0 Å². The summed E-state index contributed by atoms with van der Waals surface area (Å²) in [5.41, 5.74) is 4.92. The van der Waals surface area contributed by atoms with Gasteiger partial charge >= 0.3 is 6.18 Å². The van der Waals surface area contributed by atoms with Gasteiger partial charge in [-0.25, -0.2) is 4.98 Å². The Morgan fingerprint density at radius 1 is 0.949 bits per heavy atom. The van der Waals surface area contributed by atoms with Crippen LogP contribution in [-0.4, -0.2) is 41.1 Å². The molecule has 0 aliphatic carbocycles. The summed E-state index contributed by atoms with van der Waals surface area (Å²) in [6.45, 7) is 3.54. The van der Waals surface area contributed by atoms with Crippen molar-refractivity contribution in [2.24, 2.45) is 0 Å². The molecule has 198 valence electrons. The molecule has 2 aliphatic rings. The van der Waals surface area contributed by atoms with E-state index in [1.807, 2.05) is 65.0 Å². The average Bonchev–Trinajstić information content (AvgIpc) is 3.63. The molecule has 0 fully saturated rings. The molecule has 12 heteroatoms. The number of ether oxygens (including phenoxy) is 1. The molecule has 0 saturated carbocycles. The van der Waals surface area contributed by atoms with Crippen molar-refractivity contribution >= 4 is 16.6 Å². The molecule has 0 bridgehead atoms. The van der Waals surface area contributed by atoms with E-state index in [1.165, 1.54) is 0 Å². The molecular formula is C27H23F3N8O. The van der Waals surface area contributed by atoms with Crippen LogP contribution in [0.3, 0.4) is 0 Å². The molecule has 39 heavy (non-hydrogen) atoms. The van der Waals surface area contributed by atoms with Gasteiger partial charge in [-0.05, 0) is 50.1 Å². The number of rotatable bonds is 4. The van der Waals surface area contributed by atoms with Crippen LogP contribution >= 0.6 is 0 Å². The molecule has 0 N–H and O–H groups in total. The summed E-state index contributed by atoms with van der Waals surface area (Å²) < 4.78 is 49.2. The smallest absolute Gasteiger partial charge is 0.435 e. The predicted molar refractivity (Wildman–Crippen MR) is 136 cm³/mol. The summed E-state index contributed by atoms with van der Waals surface area (Å²) in [6.07, 6.45) is -2.66. The highest BCUT2D eigenvalue weighted by Gasteiger charge is 2.39. The van der Waals surface area contributed by atoms with Crippen LogP contribution < -0.4 is 9.64 Å². The number of hydrogen-bond acceptors (Lipinski definition) is 7. The van der Waals surface area contributed by atoms with Crippen LogP contribution in [0.5, 0.6) is 11.6 Å². The van der Waals surface area contributed by atoms with Crippen LogP contribution in [0.1, 0.15) is 29.5 Å². The summed E-state index contributed by atoms with van der Waals surface area (Å²) in [6, 6.07) is 15.4. The SMILES string of the molecule is Cc1cccc(-c2nn3c(c2Oc2ccc4ccc(N5CCn6c(nnc6C(F)(F)F)C5)cc4n2)CCC3)n1. The third-order valence-electron chi connectivity index (χ3n) is 7.15. The van der Waals surface area contributed by atoms with Gasteiger partial charge in [-0.1, -0.05) is 12.1 Å². The maximum absolute atomic E-state index is 13.2. The van der Waals surface area contributed by atoms with Gasteiger partial charge in [0, 0.05) is 42.5 Å². The van der Waals surface area contributed by atoms with E-state index >= 15 is 0 Å². The average molecular weight is 533 g/mol. The number of alkyl halides is 3. The zero-order valence-corrected chi connectivity index (χ0v) is 21.0. The fraction of sp³-hybridized carbons (Fsp3) is 0.296. The van der Waals surface area contributed by atoms with Crippen molar-refractivity contribution in [3.05, 3.63) is 71.6 Å². The first-order chi connectivity index (χ1) is 18.8.